The van der Waals surface area contributed by atoms with Crippen molar-refractivity contribution in [2.24, 2.45) is 0 Å². The molecule has 0 aliphatic rings. The minimum absolute atomic E-state index is 0.756. The van der Waals surface area contributed by atoms with Crippen molar-refractivity contribution >= 4 is 39.0 Å². The van der Waals surface area contributed by atoms with E-state index in [0.717, 1.165) is 32.8 Å². The molecule has 0 bridgehead atoms. The predicted molar refractivity (Wildman–Crippen MR) is 80.8 cm³/mol. The molecule has 0 fully saturated rings. The quantitative estimate of drug-likeness (QED) is 0.801. The lowest BCUT2D eigenvalue weighted by atomic mass is 10.3. The number of rotatable bonds is 3. The average molecular weight is 290 g/mol. The highest BCUT2D eigenvalue weighted by Crippen LogP contribution is 2.37. The summed E-state index contributed by atoms with van der Waals surface area (Å²) in [7, 11) is 0. The van der Waals surface area contributed by atoms with Gasteiger partial charge in [0.25, 0.3) is 0 Å². The maximum absolute atomic E-state index is 6.09. The number of hydrogen-bond acceptors (Lipinski definition) is 5. The van der Waals surface area contributed by atoms with Crippen molar-refractivity contribution in [3.05, 3.63) is 30.0 Å². The molecular weight excluding hydrogens is 276 g/mol. The first-order valence-corrected chi connectivity index (χ1v) is 7.68. The number of nitrogens with zero attached hydrogens (tertiary/aromatic N) is 3. The Bertz CT molecular complexity index is 696. The first-order valence-electron chi connectivity index (χ1n) is 6.05. The van der Waals surface area contributed by atoms with Crippen LogP contribution >= 0.6 is 23.1 Å². The summed E-state index contributed by atoms with van der Waals surface area (Å²) in [4.78, 5) is 4.62. The van der Waals surface area contributed by atoms with Crippen molar-refractivity contribution in [3.63, 3.8) is 0 Å². The molecule has 2 aromatic heterocycles. The van der Waals surface area contributed by atoms with Crippen LogP contribution in [0, 0.1) is 6.92 Å². The van der Waals surface area contributed by atoms with E-state index in [-0.39, 0.29) is 0 Å². The van der Waals surface area contributed by atoms with Gasteiger partial charge in [-0.3, -0.25) is 4.68 Å². The molecule has 2 N–H and O–H groups in total. The fraction of sp³-hybridized carbons (Fsp3) is 0.231. The molecule has 0 aliphatic carbocycles. The Morgan fingerprint density at radius 1 is 1.37 bits per heavy atom. The molecule has 6 heteroatoms. The van der Waals surface area contributed by atoms with Crippen LogP contribution in [0.5, 0.6) is 0 Å². The van der Waals surface area contributed by atoms with E-state index in [0.29, 0.717) is 0 Å². The van der Waals surface area contributed by atoms with Crippen LogP contribution in [0.2, 0.25) is 0 Å². The highest BCUT2D eigenvalue weighted by molar-refractivity contribution is 8.01. The number of aryl methyl sites for hydroxylation is 2. The fourth-order valence-corrected chi connectivity index (χ4v) is 4.09. The number of aromatic nitrogens is 3. The van der Waals surface area contributed by atoms with Crippen molar-refractivity contribution in [2.75, 3.05) is 5.73 Å². The van der Waals surface area contributed by atoms with E-state index < -0.39 is 0 Å². The second-order valence-corrected chi connectivity index (χ2v) is 6.44. The van der Waals surface area contributed by atoms with Crippen LogP contribution in [0.1, 0.15) is 12.6 Å². The first-order chi connectivity index (χ1) is 9.19. The van der Waals surface area contributed by atoms with E-state index in [1.807, 2.05) is 29.8 Å². The van der Waals surface area contributed by atoms with Crippen LogP contribution in [-0.4, -0.2) is 14.8 Å². The van der Waals surface area contributed by atoms with Crippen LogP contribution in [0.3, 0.4) is 0 Å². The number of hydrogen-bond donors (Lipinski definition) is 1. The lowest BCUT2D eigenvalue weighted by molar-refractivity contribution is 0.602. The van der Waals surface area contributed by atoms with Crippen LogP contribution in [0.25, 0.3) is 10.2 Å². The Morgan fingerprint density at radius 2 is 2.16 bits per heavy atom. The third kappa shape index (κ3) is 2.21. The molecule has 3 aromatic rings. The second kappa shape index (κ2) is 4.86. The molecule has 0 spiro atoms. The molecule has 2 heterocycles. The molecule has 3 rings (SSSR count). The summed E-state index contributed by atoms with van der Waals surface area (Å²) in [5, 5.41) is 5.41. The van der Waals surface area contributed by atoms with Crippen molar-refractivity contribution in [2.45, 2.75) is 29.8 Å². The molecule has 1 aromatic carbocycles. The van der Waals surface area contributed by atoms with Crippen molar-refractivity contribution < 1.29 is 0 Å². The highest BCUT2D eigenvalue weighted by atomic mass is 32.2. The van der Waals surface area contributed by atoms with E-state index >= 15 is 0 Å². The van der Waals surface area contributed by atoms with Crippen molar-refractivity contribution in [1.29, 1.82) is 0 Å². The van der Waals surface area contributed by atoms with Gasteiger partial charge in [0.2, 0.25) is 0 Å². The molecule has 0 radical (unpaired) electrons. The fourth-order valence-electron chi connectivity index (χ4n) is 1.87. The zero-order valence-corrected chi connectivity index (χ0v) is 12.4. The van der Waals surface area contributed by atoms with E-state index in [1.54, 1.807) is 23.1 Å². The maximum Gasteiger partial charge on any atom is 0.157 e. The second-order valence-electron chi connectivity index (χ2n) is 4.17. The summed E-state index contributed by atoms with van der Waals surface area (Å²) in [6, 6.07) is 8.15. The molecule has 19 heavy (non-hydrogen) atoms. The topological polar surface area (TPSA) is 56.7 Å². The van der Waals surface area contributed by atoms with E-state index in [4.69, 9.17) is 5.73 Å². The Kier molecular flexibility index (Phi) is 3.20. The van der Waals surface area contributed by atoms with E-state index in [1.165, 1.54) is 4.70 Å². The van der Waals surface area contributed by atoms with Gasteiger partial charge in [-0.1, -0.05) is 12.1 Å². The third-order valence-corrected chi connectivity index (χ3v) is 5.10. The summed E-state index contributed by atoms with van der Waals surface area (Å²) < 4.78 is 4.13. The Morgan fingerprint density at radius 3 is 2.89 bits per heavy atom. The predicted octanol–water partition coefficient (Wildman–Crippen LogP) is 3.55. The first kappa shape index (κ1) is 12.5. The Balaban J connectivity index is 2.00. The van der Waals surface area contributed by atoms with Gasteiger partial charge in [-0.25, -0.2) is 4.98 Å². The van der Waals surface area contributed by atoms with E-state index in [9.17, 15) is 0 Å². The van der Waals surface area contributed by atoms with Crippen LogP contribution < -0.4 is 5.73 Å². The van der Waals surface area contributed by atoms with Gasteiger partial charge in [-0.2, -0.15) is 5.10 Å². The zero-order chi connectivity index (χ0) is 13.4. The largest absolute Gasteiger partial charge is 0.395 e. The summed E-state index contributed by atoms with van der Waals surface area (Å²) in [5.74, 6) is 0. The van der Waals surface area contributed by atoms with E-state index in [2.05, 4.69) is 23.1 Å². The minimum atomic E-state index is 0.756. The van der Waals surface area contributed by atoms with Gasteiger partial charge in [0.1, 0.15) is 5.03 Å². The third-order valence-electron chi connectivity index (χ3n) is 2.88. The monoisotopic (exact) mass is 290 g/mol. The normalized spacial score (nSPS) is 11.3. The van der Waals surface area contributed by atoms with Gasteiger partial charge in [-0.15, -0.1) is 11.3 Å². The summed E-state index contributed by atoms with van der Waals surface area (Å²) in [6.07, 6.45) is 0. The average Bonchev–Trinajstić information content (AvgIpc) is 2.94. The lowest BCUT2D eigenvalue weighted by Gasteiger charge is -2.02. The highest BCUT2D eigenvalue weighted by Gasteiger charge is 2.15. The lowest BCUT2D eigenvalue weighted by Crippen LogP contribution is -1.98. The zero-order valence-electron chi connectivity index (χ0n) is 10.8. The smallest absolute Gasteiger partial charge is 0.157 e. The van der Waals surface area contributed by atoms with Crippen LogP contribution in [0.4, 0.5) is 5.69 Å². The molecule has 0 amide bonds. The summed E-state index contributed by atoms with van der Waals surface area (Å²) in [6.45, 7) is 4.81. The van der Waals surface area contributed by atoms with Gasteiger partial charge >= 0.3 is 0 Å². The standard InChI is InChI=1S/C13H14N4S2/c1-3-17-12(11(14)8(2)16-17)19-13-15-9-6-4-5-7-10(9)18-13/h4-7H,3,14H2,1-2H3. The number of benzene rings is 1. The van der Waals surface area contributed by atoms with Gasteiger partial charge in [0.05, 0.1) is 21.6 Å². The van der Waals surface area contributed by atoms with Crippen LogP contribution in [-0.2, 0) is 6.54 Å². The number of fused-ring (bicyclic) bond motifs is 1. The summed E-state index contributed by atoms with van der Waals surface area (Å²) >= 11 is 3.28. The number of para-hydroxylation sites is 1. The number of nitrogen functional groups attached to an aromatic ring is 1. The molecule has 98 valence electrons. The molecule has 0 saturated carbocycles. The van der Waals surface area contributed by atoms with Crippen LogP contribution in [0.15, 0.2) is 33.6 Å². The molecule has 0 atom stereocenters. The van der Waals surface area contributed by atoms with Gasteiger partial charge < -0.3 is 5.73 Å². The van der Waals surface area contributed by atoms with Gasteiger partial charge in [0, 0.05) is 6.54 Å². The SMILES string of the molecule is CCn1nc(C)c(N)c1Sc1nc2ccccc2s1. The number of thiazole rings is 1. The minimum Gasteiger partial charge on any atom is -0.395 e. The molecule has 4 nitrogen and oxygen atoms in total. The molecule has 0 saturated heterocycles. The molecular formula is C13H14N4S2. The van der Waals surface area contributed by atoms with Crippen molar-refractivity contribution in [3.8, 4) is 0 Å². The Hall–Kier alpha value is -1.53. The van der Waals surface area contributed by atoms with Gasteiger partial charge in [0.15, 0.2) is 4.34 Å². The van der Waals surface area contributed by atoms with Gasteiger partial charge in [-0.05, 0) is 37.7 Å². The number of nitrogens with two attached hydrogens (primary N) is 1. The Labute approximate surface area is 119 Å². The summed E-state index contributed by atoms with van der Waals surface area (Å²) in [5.41, 5.74) is 8.76. The molecule has 0 unspecified atom stereocenters. The molecule has 0 aliphatic heterocycles. The number of anilines is 1. The maximum atomic E-state index is 6.09. The van der Waals surface area contributed by atoms with Crippen molar-refractivity contribution in [1.82, 2.24) is 14.8 Å².